The average molecular weight is 456 g/mol. The van der Waals surface area contributed by atoms with Gasteiger partial charge in [-0.15, -0.1) is 0 Å². The second kappa shape index (κ2) is 7.86. The lowest BCUT2D eigenvalue weighted by atomic mass is 10.0. The molecule has 0 aliphatic carbocycles. The van der Waals surface area contributed by atoms with Gasteiger partial charge in [0.05, 0.1) is 0 Å². The molecule has 1 atom stereocenters. The molecule has 0 saturated carbocycles. The van der Waals surface area contributed by atoms with Crippen LogP contribution in [0.5, 0.6) is 0 Å². The third kappa shape index (κ3) is 7.02. The lowest BCUT2D eigenvalue weighted by Crippen LogP contribution is -2.24. The lowest BCUT2D eigenvalue weighted by molar-refractivity contribution is 0.638. The van der Waals surface area contributed by atoms with E-state index in [-0.39, 0.29) is 4.32 Å². The number of alkyl halides is 4. The predicted octanol–water partition coefficient (Wildman–Crippen LogP) is 5.42. The van der Waals surface area contributed by atoms with Gasteiger partial charge in [-0.3, -0.25) is 0 Å². The van der Waals surface area contributed by atoms with E-state index < -0.39 is 0 Å². The van der Waals surface area contributed by atoms with E-state index in [2.05, 4.69) is 83.6 Å². The first kappa shape index (κ1) is 15.7. The fourth-order valence-corrected chi connectivity index (χ4v) is 2.41. The van der Waals surface area contributed by atoms with Crippen molar-refractivity contribution in [3.05, 3.63) is 11.6 Å². The van der Waals surface area contributed by atoms with Gasteiger partial charge < -0.3 is 0 Å². The first-order chi connectivity index (χ1) is 6.41. The molecule has 0 heterocycles. The van der Waals surface area contributed by atoms with E-state index >= 15 is 0 Å². The highest BCUT2D eigenvalue weighted by Gasteiger charge is 2.23. The summed E-state index contributed by atoms with van der Waals surface area (Å²) in [7, 11) is 0. The Kier molecular flexibility index (Phi) is 8.79. The molecule has 0 rings (SSSR count). The van der Waals surface area contributed by atoms with Crippen LogP contribution in [-0.4, -0.2) is 19.8 Å². The van der Waals surface area contributed by atoms with Crippen LogP contribution in [0.1, 0.15) is 26.7 Å². The van der Waals surface area contributed by atoms with Crippen molar-refractivity contribution in [2.45, 2.75) is 35.8 Å². The molecule has 0 aliphatic rings. The highest BCUT2D eigenvalue weighted by molar-refractivity contribution is 9.12. The van der Waals surface area contributed by atoms with Crippen LogP contribution >= 0.6 is 63.7 Å². The molecule has 0 radical (unpaired) electrons. The number of hydrogen-bond donors (Lipinski definition) is 0. The minimum atomic E-state index is 0.166. The SMILES string of the molecule is CC(C)(Br)C(Br)CC/C(=C/CBr)CBr. The summed E-state index contributed by atoms with van der Waals surface area (Å²) in [6, 6.07) is 0. The van der Waals surface area contributed by atoms with E-state index in [1.54, 1.807) is 0 Å². The third-order valence-corrected chi connectivity index (χ3v) is 5.81. The molecule has 0 nitrogen and oxygen atoms in total. The van der Waals surface area contributed by atoms with E-state index in [1.807, 2.05) is 0 Å². The normalized spacial score (nSPS) is 15.7. The molecule has 0 amide bonds. The van der Waals surface area contributed by atoms with Crippen molar-refractivity contribution in [3.63, 3.8) is 0 Å². The first-order valence-electron chi connectivity index (χ1n) is 4.54. The quantitative estimate of drug-likeness (QED) is 0.370. The summed E-state index contributed by atoms with van der Waals surface area (Å²) in [5.41, 5.74) is 1.46. The van der Waals surface area contributed by atoms with Gasteiger partial charge in [0.2, 0.25) is 0 Å². The molecular formula is C10H16Br4. The first-order valence-corrected chi connectivity index (χ1v) is 8.49. The Morgan fingerprint density at radius 2 is 1.93 bits per heavy atom. The molecule has 0 saturated heterocycles. The number of allylic oxidation sites excluding steroid dienone is 2. The zero-order chi connectivity index (χ0) is 11.2. The van der Waals surface area contributed by atoms with Crippen LogP contribution in [0.3, 0.4) is 0 Å². The fourth-order valence-electron chi connectivity index (χ4n) is 0.988. The molecule has 4 heteroatoms. The molecule has 0 spiro atoms. The van der Waals surface area contributed by atoms with Crippen molar-refractivity contribution in [1.29, 1.82) is 0 Å². The summed E-state index contributed by atoms with van der Waals surface area (Å²) in [6.07, 6.45) is 4.53. The molecule has 0 fully saturated rings. The predicted molar refractivity (Wildman–Crippen MR) is 80.6 cm³/mol. The summed E-state index contributed by atoms with van der Waals surface area (Å²) < 4.78 is 0.166. The topological polar surface area (TPSA) is 0 Å². The Bertz CT molecular complexity index is 181. The third-order valence-electron chi connectivity index (χ3n) is 2.00. The lowest BCUT2D eigenvalue weighted by Gasteiger charge is -2.23. The minimum absolute atomic E-state index is 0.166. The summed E-state index contributed by atoms with van der Waals surface area (Å²) in [5.74, 6) is 0. The van der Waals surface area contributed by atoms with E-state index in [0.717, 1.165) is 23.5 Å². The standard InChI is InChI=1S/C10H16Br4/c1-10(2,14)9(13)4-3-8(7-12)5-6-11/h5,9H,3-4,6-7H2,1-2H3/b8-5-. The summed E-state index contributed by atoms with van der Waals surface area (Å²) >= 11 is 14.3. The minimum Gasteiger partial charge on any atom is -0.0883 e. The number of rotatable bonds is 6. The summed E-state index contributed by atoms with van der Waals surface area (Å²) in [4.78, 5) is 0.507. The van der Waals surface area contributed by atoms with Crippen LogP contribution < -0.4 is 0 Å². The van der Waals surface area contributed by atoms with E-state index in [9.17, 15) is 0 Å². The van der Waals surface area contributed by atoms with Crippen LogP contribution in [0.2, 0.25) is 0 Å². The molecule has 0 aromatic heterocycles. The molecule has 0 aliphatic heterocycles. The van der Waals surface area contributed by atoms with Crippen LogP contribution in [0.25, 0.3) is 0 Å². The molecule has 0 aromatic carbocycles. The van der Waals surface area contributed by atoms with Crippen LogP contribution in [0.15, 0.2) is 11.6 Å². The second-order valence-corrected chi connectivity index (χ2v) is 8.08. The average Bonchev–Trinajstić information content (AvgIpc) is 2.10. The highest BCUT2D eigenvalue weighted by atomic mass is 79.9. The van der Waals surface area contributed by atoms with Gasteiger partial charge in [0.15, 0.2) is 0 Å². The molecule has 84 valence electrons. The van der Waals surface area contributed by atoms with Gasteiger partial charge in [0.25, 0.3) is 0 Å². The van der Waals surface area contributed by atoms with Crippen LogP contribution in [0.4, 0.5) is 0 Å². The summed E-state index contributed by atoms with van der Waals surface area (Å²) in [5, 5.41) is 1.92. The Hall–Kier alpha value is 1.66. The molecular weight excluding hydrogens is 440 g/mol. The Morgan fingerprint density at radius 3 is 2.29 bits per heavy atom. The van der Waals surface area contributed by atoms with E-state index in [4.69, 9.17) is 0 Å². The van der Waals surface area contributed by atoms with Crippen molar-refractivity contribution in [3.8, 4) is 0 Å². The van der Waals surface area contributed by atoms with Gasteiger partial charge in [-0.05, 0) is 26.7 Å². The zero-order valence-corrected chi connectivity index (χ0v) is 14.8. The van der Waals surface area contributed by atoms with Gasteiger partial charge in [-0.2, -0.15) is 0 Å². The van der Waals surface area contributed by atoms with Crippen LogP contribution in [0, 0.1) is 0 Å². The maximum Gasteiger partial charge on any atom is 0.0326 e. The van der Waals surface area contributed by atoms with Crippen molar-refractivity contribution in [1.82, 2.24) is 0 Å². The smallest absolute Gasteiger partial charge is 0.0326 e. The van der Waals surface area contributed by atoms with Gasteiger partial charge in [-0.25, -0.2) is 0 Å². The van der Waals surface area contributed by atoms with E-state index in [0.29, 0.717) is 4.83 Å². The monoisotopic (exact) mass is 452 g/mol. The zero-order valence-electron chi connectivity index (χ0n) is 8.49. The van der Waals surface area contributed by atoms with Crippen molar-refractivity contribution >= 4 is 63.7 Å². The Morgan fingerprint density at radius 1 is 1.36 bits per heavy atom. The molecule has 1 unspecified atom stereocenters. The maximum atomic E-state index is 3.71. The molecule has 14 heavy (non-hydrogen) atoms. The van der Waals surface area contributed by atoms with Gasteiger partial charge in [0, 0.05) is 19.8 Å². The second-order valence-electron chi connectivity index (χ2n) is 3.72. The Labute approximate surface area is 121 Å². The Balaban J connectivity index is 3.98. The number of halogens is 4. The largest absolute Gasteiger partial charge is 0.0883 e. The molecule has 0 aromatic rings. The maximum absolute atomic E-state index is 3.71. The highest BCUT2D eigenvalue weighted by Crippen LogP contribution is 2.31. The van der Waals surface area contributed by atoms with Crippen molar-refractivity contribution in [2.75, 3.05) is 10.7 Å². The fraction of sp³-hybridized carbons (Fsp3) is 0.800. The van der Waals surface area contributed by atoms with Crippen LogP contribution in [-0.2, 0) is 0 Å². The number of hydrogen-bond acceptors (Lipinski definition) is 0. The van der Waals surface area contributed by atoms with Gasteiger partial charge in [0.1, 0.15) is 0 Å². The molecule has 0 bridgehead atoms. The van der Waals surface area contributed by atoms with Gasteiger partial charge >= 0.3 is 0 Å². The summed E-state index contributed by atoms with van der Waals surface area (Å²) in [6.45, 7) is 4.38. The van der Waals surface area contributed by atoms with Gasteiger partial charge in [-0.1, -0.05) is 75.4 Å². The van der Waals surface area contributed by atoms with Crippen molar-refractivity contribution < 1.29 is 0 Å². The van der Waals surface area contributed by atoms with Crippen molar-refractivity contribution in [2.24, 2.45) is 0 Å². The molecule has 0 N–H and O–H groups in total. The van der Waals surface area contributed by atoms with E-state index in [1.165, 1.54) is 5.57 Å².